The summed E-state index contributed by atoms with van der Waals surface area (Å²) in [6.07, 6.45) is 3.14. The Morgan fingerprint density at radius 2 is 2.28 bits per heavy atom. The quantitative estimate of drug-likeness (QED) is 0.895. The molecule has 1 saturated heterocycles. The van der Waals surface area contributed by atoms with E-state index in [1.165, 1.54) is 0 Å². The Morgan fingerprint density at radius 1 is 1.50 bits per heavy atom. The highest BCUT2D eigenvalue weighted by Crippen LogP contribution is 2.28. The number of amides is 1. The van der Waals surface area contributed by atoms with Gasteiger partial charge in [-0.3, -0.25) is 4.79 Å². The maximum atomic E-state index is 12.5. The molecule has 18 heavy (non-hydrogen) atoms. The van der Waals surface area contributed by atoms with Gasteiger partial charge in [0.2, 0.25) is 0 Å². The number of rotatable bonds is 2. The average Bonchev–Trinajstić information content (AvgIpc) is 2.38. The van der Waals surface area contributed by atoms with Crippen molar-refractivity contribution in [1.82, 2.24) is 4.90 Å². The van der Waals surface area contributed by atoms with Crippen LogP contribution in [0.1, 0.15) is 36.5 Å². The number of carbonyl (C=O) groups is 1. The Balaban J connectivity index is 2.26. The van der Waals surface area contributed by atoms with E-state index in [0.29, 0.717) is 17.1 Å². The van der Waals surface area contributed by atoms with Crippen LogP contribution in [-0.2, 0) is 0 Å². The molecule has 1 aromatic carbocycles. The lowest BCUT2D eigenvalue weighted by atomic mass is 9.88. The number of likely N-dealkylation sites (tertiary alicyclic amines) is 1. The monoisotopic (exact) mass is 266 g/mol. The fourth-order valence-corrected chi connectivity index (χ4v) is 2.71. The third-order valence-corrected chi connectivity index (χ3v) is 3.99. The van der Waals surface area contributed by atoms with Gasteiger partial charge >= 0.3 is 0 Å². The molecule has 0 bridgehead atoms. The van der Waals surface area contributed by atoms with Crippen molar-refractivity contribution in [3.63, 3.8) is 0 Å². The predicted molar refractivity (Wildman–Crippen MR) is 73.8 cm³/mol. The summed E-state index contributed by atoms with van der Waals surface area (Å²) in [6.45, 7) is 3.34. The first-order chi connectivity index (χ1) is 8.57. The van der Waals surface area contributed by atoms with Gasteiger partial charge in [-0.1, -0.05) is 17.7 Å². The topological polar surface area (TPSA) is 46.3 Å². The van der Waals surface area contributed by atoms with Crippen LogP contribution in [0.4, 0.5) is 0 Å². The number of hydrogen-bond acceptors (Lipinski definition) is 2. The molecule has 1 atom stereocenters. The third kappa shape index (κ3) is 2.52. The minimum atomic E-state index is -0.225. The van der Waals surface area contributed by atoms with Gasteiger partial charge in [-0.25, -0.2) is 0 Å². The van der Waals surface area contributed by atoms with E-state index >= 15 is 0 Å². The van der Waals surface area contributed by atoms with Gasteiger partial charge in [0, 0.05) is 23.7 Å². The van der Waals surface area contributed by atoms with Gasteiger partial charge < -0.3 is 10.6 Å². The normalized spacial score (nSPS) is 24.1. The van der Waals surface area contributed by atoms with Gasteiger partial charge in [0.1, 0.15) is 0 Å². The highest BCUT2D eigenvalue weighted by Gasteiger charge is 2.36. The van der Waals surface area contributed by atoms with Crippen molar-refractivity contribution >= 4 is 17.5 Å². The van der Waals surface area contributed by atoms with Crippen molar-refractivity contribution in [2.45, 2.75) is 31.7 Å². The predicted octanol–water partition coefficient (Wildman–Crippen LogP) is 2.68. The first-order valence-electron chi connectivity index (χ1n) is 6.34. The van der Waals surface area contributed by atoms with Crippen LogP contribution in [0.3, 0.4) is 0 Å². The summed E-state index contributed by atoms with van der Waals surface area (Å²) in [4.78, 5) is 14.4. The first kappa shape index (κ1) is 13.4. The second-order valence-corrected chi connectivity index (χ2v) is 5.56. The molecule has 1 aliphatic heterocycles. The van der Waals surface area contributed by atoms with Gasteiger partial charge in [-0.15, -0.1) is 0 Å². The Bertz CT molecular complexity index is 449. The van der Waals surface area contributed by atoms with E-state index < -0.39 is 0 Å². The van der Waals surface area contributed by atoms with Crippen LogP contribution in [0.25, 0.3) is 0 Å². The molecule has 98 valence electrons. The molecule has 2 rings (SSSR count). The minimum absolute atomic E-state index is 0.0325. The van der Waals surface area contributed by atoms with Crippen molar-refractivity contribution in [1.29, 1.82) is 0 Å². The molecular formula is C14H19ClN2O. The van der Waals surface area contributed by atoms with Crippen molar-refractivity contribution in [2.24, 2.45) is 5.73 Å². The summed E-state index contributed by atoms with van der Waals surface area (Å²) in [5.41, 5.74) is 6.27. The largest absolute Gasteiger partial charge is 0.332 e. The summed E-state index contributed by atoms with van der Waals surface area (Å²) in [5, 5.41) is 0.590. The number of benzene rings is 1. The van der Waals surface area contributed by atoms with Crippen molar-refractivity contribution < 1.29 is 4.79 Å². The average molecular weight is 267 g/mol. The Labute approximate surface area is 113 Å². The highest BCUT2D eigenvalue weighted by molar-refractivity contribution is 6.30. The SMILES string of the molecule is CC1(CN)CCCCN1C(=O)c1cccc(Cl)c1. The molecule has 4 heteroatoms. The number of nitrogens with zero attached hydrogens (tertiary/aromatic N) is 1. The molecule has 3 nitrogen and oxygen atoms in total. The molecule has 1 unspecified atom stereocenters. The zero-order valence-electron chi connectivity index (χ0n) is 10.7. The number of piperidine rings is 1. The number of hydrogen-bond donors (Lipinski definition) is 1. The van der Waals surface area contributed by atoms with E-state index in [0.717, 1.165) is 25.8 Å². The molecule has 0 aromatic heterocycles. The summed E-state index contributed by atoms with van der Waals surface area (Å²) in [7, 11) is 0. The van der Waals surface area contributed by atoms with E-state index in [1.807, 2.05) is 4.90 Å². The van der Waals surface area contributed by atoms with Gasteiger partial charge in [0.25, 0.3) is 5.91 Å². The number of nitrogens with two attached hydrogens (primary N) is 1. The summed E-state index contributed by atoms with van der Waals surface area (Å²) in [6, 6.07) is 7.10. The van der Waals surface area contributed by atoms with Gasteiger partial charge in [0.05, 0.1) is 5.54 Å². The Kier molecular flexibility index (Phi) is 3.93. The van der Waals surface area contributed by atoms with E-state index in [-0.39, 0.29) is 11.4 Å². The standard InChI is InChI=1S/C14H19ClN2O/c1-14(10-16)7-2-3-8-17(14)13(18)11-5-4-6-12(15)9-11/h4-6,9H,2-3,7-8,10,16H2,1H3. The van der Waals surface area contributed by atoms with E-state index in [1.54, 1.807) is 24.3 Å². The number of halogens is 1. The molecule has 1 fully saturated rings. The van der Waals surface area contributed by atoms with Crippen LogP contribution in [0.15, 0.2) is 24.3 Å². The maximum Gasteiger partial charge on any atom is 0.254 e. The zero-order valence-corrected chi connectivity index (χ0v) is 11.4. The summed E-state index contributed by atoms with van der Waals surface area (Å²) < 4.78 is 0. The van der Waals surface area contributed by atoms with Crippen LogP contribution in [0.5, 0.6) is 0 Å². The summed E-state index contributed by atoms with van der Waals surface area (Å²) in [5.74, 6) is 0.0325. The van der Waals surface area contributed by atoms with E-state index in [9.17, 15) is 4.79 Å². The lowest BCUT2D eigenvalue weighted by Gasteiger charge is -2.44. The summed E-state index contributed by atoms with van der Waals surface area (Å²) >= 11 is 5.94. The fourth-order valence-electron chi connectivity index (χ4n) is 2.52. The molecule has 0 aliphatic carbocycles. The van der Waals surface area contributed by atoms with Crippen molar-refractivity contribution in [3.05, 3.63) is 34.9 Å². The van der Waals surface area contributed by atoms with Crippen molar-refractivity contribution in [3.8, 4) is 0 Å². The first-order valence-corrected chi connectivity index (χ1v) is 6.72. The molecule has 1 heterocycles. The van der Waals surface area contributed by atoms with Crippen LogP contribution in [0, 0.1) is 0 Å². The zero-order chi connectivity index (χ0) is 13.2. The van der Waals surface area contributed by atoms with Gasteiger partial charge in [-0.2, -0.15) is 0 Å². The molecule has 0 saturated carbocycles. The van der Waals surface area contributed by atoms with Crippen LogP contribution in [0.2, 0.25) is 5.02 Å². The fraction of sp³-hybridized carbons (Fsp3) is 0.500. The molecule has 1 aromatic rings. The lowest BCUT2D eigenvalue weighted by molar-refractivity contribution is 0.0403. The number of carbonyl (C=O) groups excluding carboxylic acids is 1. The Hall–Kier alpha value is -1.06. The smallest absolute Gasteiger partial charge is 0.254 e. The molecule has 0 spiro atoms. The minimum Gasteiger partial charge on any atom is -0.332 e. The third-order valence-electron chi connectivity index (χ3n) is 3.76. The maximum absolute atomic E-state index is 12.5. The molecule has 1 amide bonds. The molecule has 2 N–H and O–H groups in total. The van der Waals surface area contributed by atoms with Crippen molar-refractivity contribution in [2.75, 3.05) is 13.1 Å². The van der Waals surface area contributed by atoms with E-state index in [4.69, 9.17) is 17.3 Å². The van der Waals surface area contributed by atoms with Gasteiger partial charge in [0.15, 0.2) is 0 Å². The molecule has 0 radical (unpaired) electrons. The van der Waals surface area contributed by atoms with Crippen LogP contribution < -0.4 is 5.73 Å². The lowest BCUT2D eigenvalue weighted by Crippen LogP contribution is -2.56. The highest BCUT2D eigenvalue weighted by atomic mass is 35.5. The van der Waals surface area contributed by atoms with Gasteiger partial charge in [-0.05, 0) is 44.4 Å². The molecule has 1 aliphatic rings. The second kappa shape index (κ2) is 5.29. The van der Waals surface area contributed by atoms with E-state index in [2.05, 4.69) is 6.92 Å². The Morgan fingerprint density at radius 3 is 2.94 bits per heavy atom. The van der Waals surface area contributed by atoms with Crippen LogP contribution in [-0.4, -0.2) is 29.4 Å². The second-order valence-electron chi connectivity index (χ2n) is 5.13. The van der Waals surface area contributed by atoms with Crippen LogP contribution >= 0.6 is 11.6 Å². The molecular weight excluding hydrogens is 248 g/mol.